The number of rotatable bonds is 15. The summed E-state index contributed by atoms with van der Waals surface area (Å²) in [5.74, 6) is 0.888. The predicted molar refractivity (Wildman–Crippen MR) is 289 cm³/mol. The number of aromatic amines is 1. The van der Waals surface area contributed by atoms with E-state index < -0.39 is 20.9 Å². The molecule has 4 aromatic carbocycles. The summed E-state index contributed by atoms with van der Waals surface area (Å²) in [6.07, 6.45) is 8.50. The SMILES string of the molecule is COc1ccc(CN2CCN(C3CC4(CCN(c5ccc(C(=O)NS(=O)(=O)c6ccc(N7CCC(N8CCOCC8)C7)c([N+](=O)[O-])c6)c(Oc6cnc7[nH]ccc7c6)c5)CC4)C3)[C@H](c3ccccc3C(C)C)C2)cc1. The van der Waals surface area contributed by atoms with Gasteiger partial charge in [0.25, 0.3) is 21.6 Å². The minimum absolute atomic E-state index is 0.0122. The van der Waals surface area contributed by atoms with E-state index in [-0.39, 0.29) is 33.4 Å². The van der Waals surface area contributed by atoms with Gasteiger partial charge in [-0.2, -0.15) is 0 Å². The third-order valence-corrected chi connectivity index (χ3v) is 17.9. The molecular weight excluding hydrogens is 971 g/mol. The van der Waals surface area contributed by atoms with Gasteiger partial charge in [0.15, 0.2) is 0 Å². The van der Waals surface area contributed by atoms with E-state index in [9.17, 15) is 23.3 Å². The number of carbonyl (C=O) groups is 1. The number of nitro benzene ring substituents is 1. The lowest BCUT2D eigenvalue weighted by atomic mass is 9.59. The number of morpholine rings is 1. The number of nitrogens with one attached hydrogen (secondary N) is 2. The van der Waals surface area contributed by atoms with Crippen LogP contribution in [-0.4, -0.2) is 135 Å². The largest absolute Gasteiger partial charge is 0.497 e. The van der Waals surface area contributed by atoms with Crippen molar-refractivity contribution in [3.63, 3.8) is 0 Å². The number of hydrogen-bond donors (Lipinski definition) is 2. The molecule has 5 aliphatic rings. The number of aromatic nitrogens is 2. The molecule has 1 unspecified atom stereocenters. The zero-order valence-corrected chi connectivity index (χ0v) is 43.8. The summed E-state index contributed by atoms with van der Waals surface area (Å²) in [7, 11) is -2.87. The van der Waals surface area contributed by atoms with Gasteiger partial charge in [0, 0.05) is 113 Å². The van der Waals surface area contributed by atoms with Crippen LogP contribution in [0.2, 0.25) is 0 Å². The smallest absolute Gasteiger partial charge is 0.293 e. The van der Waals surface area contributed by atoms with Crippen LogP contribution in [0.3, 0.4) is 0 Å². The van der Waals surface area contributed by atoms with Crippen molar-refractivity contribution in [2.45, 2.75) is 81.4 Å². The summed E-state index contributed by atoms with van der Waals surface area (Å²) in [6.45, 7) is 14.2. The Hall–Kier alpha value is -6.57. The number of anilines is 2. The van der Waals surface area contributed by atoms with Crippen molar-refractivity contribution in [3.05, 3.63) is 142 Å². The number of H-pyrrole nitrogens is 1. The van der Waals surface area contributed by atoms with E-state index in [1.807, 2.05) is 29.2 Å². The van der Waals surface area contributed by atoms with E-state index in [4.69, 9.17) is 14.2 Å². The first-order valence-corrected chi connectivity index (χ1v) is 27.9. The van der Waals surface area contributed by atoms with Crippen molar-refractivity contribution in [1.29, 1.82) is 0 Å². The van der Waals surface area contributed by atoms with Gasteiger partial charge >= 0.3 is 0 Å². The van der Waals surface area contributed by atoms with Gasteiger partial charge in [-0.25, -0.2) is 18.1 Å². The second-order valence-corrected chi connectivity index (χ2v) is 23.1. The minimum atomic E-state index is -4.58. The first kappa shape index (κ1) is 50.6. The zero-order valence-electron chi connectivity index (χ0n) is 43.0. The topological polar surface area (TPSA) is 179 Å². The molecule has 4 aliphatic heterocycles. The number of pyridine rings is 1. The van der Waals surface area contributed by atoms with Gasteiger partial charge in [0.1, 0.15) is 28.6 Å². The maximum absolute atomic E-state index is 14.2. The Morgan fingerprint density at radius 2 is 1.67 bits per heavy atom. The van der Waals surface area contributed by atoms with Gasteiger partial charge in [-0.1, -0.05) is 50.2 Å². The molecule has 1 saturated carbocycles. The number of amides is 1. The Bertz CT molecular complexity index is 3150. The number of benzene rings is 4. The molecule has 6 heterocycles. The van der Waals surface area contributed by atoms with Gasteiger partial charge in [0.2, 0.25) is 0 Å². The number of fused-ring (bicyclic) bond motifs is 1. The van der Waals surface area contributed by atoms with E-state index in [2.05, 4.69) is 84.5 Å². The first-order valence-electron chi connectivity index (χ1n) is 26.4. The molecule has 2 N–H and O–H groups in total. The van der Waals surface area contributed by atoms with Crippen LogP contribution in [0.15, 0.2) is 114 Å². The molecule has 394 valence electrons. The Kier molecular flexibility index (Phi) is 14.3. The Labute approximate surface area is 438 Å². The van der Waals surface area contributed by atoms with Crippen LogP contribution in [0.25, 0.3) is 11.0 Å². The normalized spacial score (nSPS) is 20.9. The fourth-order valence-electron chi connectivity index (χ4n) is 12.5. The van der Waals surface area contributed by atoms with Crippen molar-refractivity contribution >= 4 is 44.0 Å². The van der Waals surface area contributed by atoms with E-state index >= 15 is 0 Å². The van der Waals surface area contributed by atoms with E-state index in [0.29, 0.717) is 61.4 Å². The van der Waals surface area contributed by atoms with Crippen LogP contribution in [0.5, 0.6) is 17.2 Å². The third kappa shape index (κ3) is 10.7. The van der Waals surface area contributed by atoms with Crippen molar-refractivity contribution < 1.29 is 32.3 Å². The molecule has 11 rings (SSSR count). The van der Waals surface area contributed by atoms with Crippen LogP contribution < -0.4 is 24.0 Å². The summed E-state index contributed by atoms with van der Waals surface area (Å²) in [5.41, 5.74) is 5.90. The summed E-state index contributed by atoms with van der Waals surface area (Å²) < 4.78 is 47.5. The maximum atomic E-state index is 14.2. The first-order chi connectivity index (χ1) is 36.3. The number of piperazine rings is 1. The second kappa shape index (κ2) is 21.2. The summed E-state index contributed by atoms with van der Waals surface area (Å²) in [4.78, 5) is 45.3. The van der Waals surface area contributed by atoms with Gasteiger partial charge in [-0.15, -0.1) is 0 Å². The fraction of sp³-hybridized carbons (Fsp3) is 0.439. The average Bonchev–Trinajstić information content (AvgIpc) is 4.11. The molecule has 1 amide bonds. The predicted octanol–water partition coefficient (Wildman–Crippen LogP) is 8.73. The number of methoxy groups -OCH3 is 1. The highest BCUT2D eigenvalue weighted by Crippen LogP contribution is 2.53. The van der Waals surface area contributed by atoms with Gasteiger partial charge in [-0.05, 0) is 109 Å². The number of piperidine rings is 1. The molecule has 0 radical (unpaired) electrons. The lowest BCUT2D eigenvalue weighted by Crippen LogP contribution is -2.60. The van der Waals surface area contributed by atoms with E-state index in [1.54, 1.807) is 37.7 Å². The highest BCUT2D eigenvalue weighted by molar-refractivity contribution is 7.90. The molecule has 2 atom stereocenters. The average molecular weight is 1040 g/mol. The van der Waals surface area contributed by atoms with Crippen molar-refractivity contribution in [2.75, 3.05) is 89.0 Å². The monoisotopic (exact) mass is 1040 g/mol. The highest BCUT2D eigenvalue weighted by Gasteiger charge is 2.50. The molecule has 1 spiro atoms. The number of hydrogen-bond acceptors (Lipinski definition) is 14. The van der Waals surface area contributed by atoms with Crippen LogP contribution in [0.1, 0.15) is 85.0 Å². The van der Waals surface area contributed by atoms with E-state index in [0.717, 1.165) is 107 Å². The summed E-state index contributed by atoms with van der Waals surface area (Å²) in [6, 6.07) is 31.2. The Morgan fingerprint density at radius 1 is 0.880 bits per heavy atom. The highest BCUT2D eigenvalue weighted by atomic mass is 32.2. The lowest BCUT2D eigenvalue weighted by Gasteiger charge is -2.58. The Morgan fingerprint density at radius 3 is 2.43 bits per heavy atom. The molecule has 6 aromatic rings. The maximum Gasteiger partial charge on any atom is 0.293 e. The van der Waals surface area contributed by atoms with Crippen molar-refractivity contribution in [3.8, 4) is 17.2 Å². The fourth-order valence-corrected chi connectivity index (χ4v) is 13.5. The number of nitrogens with zero attached hydrogens (tertiary/aromatic N) is 7. The molecule has 2 aromatic heterocycles. The van der Waals surface area contributed by atoms with Crippen molar-refractivity contribution in [2.24, 2.45) is 5.41 Å². The van der Waals surface area contributed by atoms with Crippen LogP contribution >= 0.6 is 0 Å². The molecule has 75 heavy (non-hydrogen) atoms. The molecular formula is C57H67N9O8S. The third-order valence-electron chi connectivity index (χ3n) is 16.6. The number of nitro groups is 1. The number of sulfonamides is 1. The molecule has 1 aliphatic carbocycles. The number of carbonyl (C=O) groups excluding carboxylic acids is 1. The van der Waals surface area contributed by atoms with Crippen molar-refractivity contribution in [1.82, 2.24) is 29.4 Å². The standard InChI is InChI=1S/C57H67N9O8S/c1-39(2)48-6-4-5-7-49(48)53-38-61(36-40-8-11-45(72-3)12-9-40)24-25-65(53)44-33-57(34-44)18-22-62(23-19-57)42-10-14-50(54(31-42)74-46-30-41-16-20-58-55(41)59-35-46)56(67)60-75(70,71)47-13-15-51(52(32-47)66(68)69)64-21-17-43(37-64)63-26-28-73-29-27-63/h4-16,20,30-32,35,39,43-44,53H,17-19,21-29,33-34,36-38H2,1-3H3,(H,58,59)(H,60,67)/t43?,53-/m0/s1. The summed E-state index contributed by atoms with van der Waals surface area (Å²) >= 11 is 0. The zero-order chi connectivity index (χ0) is 51.8. The molecule has 4 saturated heterocycles. The molecule has 17 nitrogen and oxygen atoms in total. The number of ether oxygens (including phenoxy) is 3. The lowest BCUT2D eigenvalue weighted by molar-refractivity contribution is -0.384. The van der Waals surface area contributed by atoms with Crippen LogP contribution in [-0.2, 0) is 21.3 Å². The summed E-state index contributed by atoms with van der Waals surface area (Å²) in [5, 5.41) is 13.3. The van der Waals surface area contributed by atoms with Gasteiger partial charge in [-0.3, -0.25) is 29.6 Å². The molecule has 18 heteroatoms. The van der Waals surface area contributed by atoms with Gasteiger partial charge < -0.3 is 29.0 Å². The molecule has 0 bridgehead atoms. The van der Waals surface area contributed by atoms with E-state index in [1.165, 1.54) is 28.8 Å². The minimum Gasteiger partial charge on any atom is -0.497 e. The molecule has 5 fully saturated rings. The van der Waals surface area contributed by atoms with Crippen LogP contribution in [0.4, 0.5) is 17.1 Å². The second-order valence-electron chi connectivity index (χ2n) is 21.4. The van der Waals surface area contributed by atoms with Crippen LogP contribution in [0, 0.1) is 15.5 Å². The Balaban J connectivity index is 0.785. The quantitative estimate of drug-likeness (QED) is 0.0737. The van der Waals surface area contributed by atoms with Gasteiger partial charge in [0.05, 0.1) is 41.9 Å².